The number of piperidine rings is 1. The van der Waals surface area contributed by atoms with E-state index in [2.05, 4.69) is 17.1 Å². The van der Waals surface area contributed by atoms with Gasteiger partial charge in [-0.3, -0.25) is 4.79 Å². The highest BCUT2D eigenvalue weighted by Crippen LogP contribution is 2.15. The molecule has 4 nitrogen and oxygen atoms in total. The number of nitrogens with zero attached hydrogens (tertiary/aromatic N) is 1. The second-order valence-electron chi connectivity index (χ2n) is 5.60. The molecular formula is C14H31Cl2N3O. The lowest BCUT2D eigenvalue weighted by atomic mass is 10.0. The molecule has 0 spiro atoms. The summed E-state index contributed by atoms with van der Waals surface area (Å²) in [6.45, 7) is 7.36. The Morgan fingerprint density at radius 2 is 2.10 bits per heavy atom. The molecule has 2 atom stereocenters. The number of nitrogens with two attached hydrogens (primary N) is 1. The van der Waals surface area contributed by atoms with Gasteiger partial charge < -0.3 is 16.0 Å². The van der Waals surface area contributed by atoms with Crippen LogP contribution in [-0.2, 0) is 4.79 Å². The first-order chi connectivity index (χ1) is 8.59. The lowest BCUT2D eigenvalue weighted by Gasteiger charge is -2.33. The third-order valence-electron chi connectivity index (χ3n) is 3.71. The van der Waals surface area contributed by atoms with Crippen molar-refractivity contribution in [3.63, 3.8) is 0 Å². The molecular weight excluding hydrogens is 297 g/mol. The standard InChI is InChI=1S/C14H29N3O.2ClH/c1-12(15)7-8-14(18)16-9-5-11-17-10-4-3-6-13(17)2;;/h12-13H,3-11,15H2,1-2H3,(H,16,18);2*1H. The van der Waals surface area contributed by atoms with Crippen LogP contribution in [0.25, 0.3) is 0 Å². The summed E-state index contributed by atoms with van der Waals surface area (Å²) >= 11 is 0. The smallest absolute Gasteiger partial charge is 0.220 e. The molecule has 0 saturated carbocycles. The van der Waals surface area contributed by atoms with Crippen molar-refractivity contribution in [2.75, 3.05) is 19.6 Å². The first kappa shape index (κ1) is 22.3. The van der Waals surface area contributed by atoms with E-state index in [1.54, 1.807) is 0 Å². The normalized spacial score (nSPS) is 20.4. The Balaban J connectivity index is 0. The molecule has 1 rings (SSSR count). The van der Waals surface area contributed by atoms with E-state index in [4.69, 9.17) is 5.73 Å². The van der Waals surface area contributed by atoms with Gasteiger partial charge >= 0.3 is 0 Å². The SMILES string of the molecule is CC(N)CCC(=O)NCCCN1CCCCC1C.Cl.Cl. The summed E-state index contributed by atoms with van der Waals surface area (Å²) in [5, 5.41) is 2.97. The summed E-state index contributed by atoms with van der Waals surface area (Å²) in [6.07, 6.45) is 6.39. The van der Waals surface area contributed by atoms with Gasteiger partial charge in [-0.1, -0.05) is 6.42 Å². The molecule has 6 heteroatoms. The highest BCUT2D eigenvalue weighted by molar-refractivity contribution is 5.85. The zero-order chi connectivity index (χ0) is 13.4. The molecule has 122 valence electrons. The van der Waals surface area contributed by atoms with Crippen molar-refractivity contribution in [2.45, 2.75) is 64.5 Å². The number of likely N-dealkylation sites (tertiary alicyclic amines) is 1. The van der Waals surface area contributed by atoms with Crippen LogP contribution in [0.15, 0.2) is 0 Å². The van der Waals surface area contributed by atoms with Crippen LogP contribution in [-0.4, -0.2) is 42.5 Å². The van der Waals surface area contributed by atoms with Gasteiger partial charge in [0.15, 0.2) is 0 Å². The largest absolute Gasteiger partial charge is 0.356 e. The molecule has 0 aromatic carbocycles. The average Bonchev–Trinajstić information content (AvgIpc) is 2.34. The lowest BCUT2D eigenvalue weighted by Crippen LogP contribution is -2.39. The highest BCUT2D eigenvalue weighted by atomic mass is 35.5. The summed E-state index contributed by atoms with van der Waals surface area (Å²) in [7, 11) is 0. The zero-order valence-electron chi connectivity index (χ0n) is 12.8. The van der Waals surface area contributed by atoms with Crippen molar-refractivity contribution in [3.8, 4) is 0 Å². The first-order valence-corrected chi connectivity index (χ1v) is 7.36. The molecule has 0 bridgehead atoms. The fourth-order valence-electron chi connectivity index (χ4n) is 2.45. The highest BCUT2D eigenvalue weighted by Gasteiger charge is 2.17. The van der Waals surface area contributed by atoms with Gasteiger partial charge in [-0.15, -0.1) is 24.8 Å². The van der Waals surface area contributed by atoms with E-state index in [-0.39, 0.29) is 36.8 Å². The Labute approximate surface area is 136 Å². The molecule has 1 aliphatic rings. The van der Waals surface area contributed by atoms with Crippen LogP contribution in [0.4, 0.5) is 0 Å². The van der Waals surface area contributed by atoms with Crippen LogP contribution in [0.2, 0.25) is 0 Å². The second-order valence-corrected chi connectivity index (χ2v) is 5.60. The van der Waals surface area contributed by atoms with E-state index in [1.807, 2.05) is 6.92 Å². The number of carbonyl (C=O) groups is 1. The molecule has 0 aromatic heterocycles. The van der Waals surface area contributed by atoms with Gasteiger partial charge in [0.05, 0.1) is 0 Å². The Bertz CT molecular complexity index is 253. The summed E-state index contributed by atoms with van der Waals surface area (Å²) < 4.78 is 0. The lowest BCUT2D eigenvalue weighted by molar-refractivity contribution is -0.121. The maximum atomic E-state index is 11.5. The fraction of sp³-hybridized carbons (Fsp3) is 0.929. The van der Waals surface area contributed by atoms with E-state index in [1.165, 1.54) is 25.8 Å². The monoisotopic (exact) mass is 327 g/mol. The molecule has 0 aliphatic carbocycles. The first-order valence-electron chi connectivity index (χ1n) is 7.36. The van der Waals surface area contributed by atoms with Gasteiger partial charge in [-0.2, -0.15) is 0 Å². The van der Waals surface area contributed by atoms with E-state index in [0.29, 0.717) is 12.5 Å². The molecule has 1 aliphatic heterocycles. The van der Waals surface area contributed by atoms with Gasteiger partial charge in [0.1, 0.15) is 0 Å². The van der Waals surface area contributed by atoms with Crippen molar-refractivity contribution in [3.05, 3.63) is 0 Å². The Morgan fingerprint density at radius 3 is 2.70 bits per heavy atom. The maximum Gasteiger partial charge on any atom is 0.220 e. The third kappa shape index (κ3) is 9.81. The van der Waals surface area contributed by atoms with Crippen molar-refractivity contribution in [1.29, 1.82) is 0 Å². The van der Waals surface area contributed by atoms with Gasteiger partial charge in [-0.25, -0.2) is 0 Å². The zero-order valence-corrected chi connectivity index (χ0v) is 14.4. The van der Waals surface area contributed by atoms with Crippen LogP contribution in [0, 0.1) is 0 Å². The van der Waals surface area contributed by atoms with Gasteiger partial charge in [0.25, 0.3) is 0 Å². The van der Waals surface area contributed by atoms with Gasteiger partial charge in [0, 0.05) is 31.6 Å². The third-order valence-corrected chi connectivity index (χ3v) is 3.71. The molecule has 0 aromatic rings. The summed E-state index contributed by atoms with van der Waals surface area (Å²) in [5.41, 5.74) is 5.62. The Morgan fingerprint density at radius 1 is 1.40 bits per heavy atom. The molecule has 1 fully saturated rings. The minimum Gasteiger partial charge on any atom is -0.356 e. The maximum absolute atomic E-state index is 11.5. The Kier molecular flexibility index (Phi) is 14.1. The van der Waals surface area contributed by atoms with Crippen molar-refractivity contribution in [1.82, 2.24) is 10.2 Å². The number of rotatable bonds is 7. The van der Waals surface area contributed by atoms with E-state index in [0.717, 1.165) is 25.9 Å². The quantitative estimate of drug-likeness (QED) is 0.705. The van der Waals surface area contributed by atoms with Crippen molar-refractivity contribution >= 4 is 30.7 Å². The van der Waals surface area contributed by atoms with Crippen molar-refractivity contribution < 1.29 is 4.79 Å². The number of halogens is 2. The molecule has 1 amide bonds. The van der Waals surface area contributed by atoms with E-state index >= 15 is 0 Å². The molecule has 1 saturated heterocycles. The topological polar surface area (TPSA) is 58.4 Å². The molecule has 3 N–H and O–H groups in total. The van der Waals surface area contributed by atoms with Crippen LogP contribution in [0.1, 0.15) is 52.4 Å². The number of amides is 1. The van der Waals surface area contributed by atoms with E-state index in [9.17, 15) is 4.79 Å². The van der Waals surface area contributed by atoms with Gasteiger partial charge in [-0.05, 0) is 46.1 Å². The Hall–Kier alpha value is -0.0300. The van der Waals surface area contributed by atoms with Crippen LogP contribution in [0.3, 0.4) is 0 Å². The van der Waals surface area contributed by atoms with Crippen molar-refractivity contribution in [2.24, 2.45) is 5.73 Å². The number of hydrogen-bond acceptors (Lipinski definition) is 3. The van der Waals surface area contributed by atoms with Crippen LogP contribution in [0.5, 0.6) is 0 Å². The minimum atomic E-state index is 0. The number of nitrogens with one attached hydrogen (secondary N) is 1. The average molecular weight is 328 g/mol. The van der Waals surface area contributed by atoms with Gasteiger partial charge in [0.2, 0.25) is 5.91 Å². The number of hydrogen-bond donors (Lipinski definition) is 2. The molecule has 0 radical (unpaired) electrons. The number of carbonyl (C=O) groups excluding carboxylic acids is 1. The van der Waals surface area contributed by atoms with E-state index < -0.39 is 0 Å². The molecule has 2 unspecified atom stereocenters. The predicted molar refractivity (Wildman–Crippen MR) is 89.9 cm³/mol. The summed E-state index contributed by atoms with van der Waals surface area (Å²) in [6, 6.07) is 0.831. The molecule has 20 heavy (non-hydrogen) atoms. The minimum absolute atomic E-state index is 0. The van der Waals surface area contributed by atoms with Crippen LogP contribution < -0.4 is 11.1 Å². The molecule has 1 heterocycles. The fourth-order valence-corrected chi connectivity index (χ4v) is 2.45. The second kappa shape index (κ2) is 12.7. The predicted octanol–water partition coefficient (Wildman–Crippen LogP) is 2.34. The summed E-state index contributed by atoms with van der Waals surface area (Å²) in [4.78, 5) is 14.0. The summed E-state index contributed by atoms with van der Waals surface area (Å²) in [5.74, 6) is 0.138. The van der Waals surface area contributed by atoms with Crippen LogP contribution >= 0.6 is 24.8 Å².